The molecule has 0 radical (unpaired) electrons. The van der Waals surface area contributed by atoms with Crippen LogP contribution < -0.4 is 19.0 Å². The Morgan fingerprint density at radius 2 is 1.74 bits per heavy atom. The van der Waals surface area contributed by atoms with E-state index in [-0.39, 0.29) is 5.91 Å². The standard InChI is InChI=1S/C24H24N2O4S/c1-7-10-26-18-11-15(2)16(3)12-21(18)31-24(26)25-22(27)9-8-17-13-19(28-4)23(30-6)20(14-17)29-5/h1,8-9,11-14H,10H2,2-6H3/b9-8-,25-24?. The van der Waals surface area contributed by atoms with E-state index in [4.69, 9.17) is 20.6 Å². The molecule has 7 heteroatoms. The highest BCUT2D eigenvalue weighted by Crippen LogP contribution is 2.38. The van der Waals surface area contributed by atoms with Crippen LogP contribution in [0.3, 0.4) is 0 Å². The molecule has 0 atom stereocenters. The monoisotopic (exact) mass is 436 g/mol. The third-order valence-corrected chi connectivity index (χ3v) is 5.90. The zero-order valence-electron chi connectivity index (χ0n) is 18.2. The summed E-state index contributed by atoms with van der Waals surface area (Å²) in [5, 5.41) is 0. The molecule has 2 aromatic carbocycles. The average molecular weight is 437 g/mol. The fourth-order valence-electron chi connectivity index (χ4n) is 3.15. The van der Waals surface area contributed by atoms with Crippen LogP contribution in [0.25, 0.3) is 16.3 Å². The minimum absolute atomic E-state index is 0.338. The number of thiazole rings is 1. The van der Waals surface area contributed by atoms with Crippen LogP contribution in [0.4, 0.5) is 0 Å². The molecule has 0 N–H and O–H groups in total. The van der Waals surface area contributed by atoms with Crippen LogP contribution in [0.1, 0.15) is 16.7 Å². The molecule has 0 fully saturated rings. The largest absolute Gasteiger partial charge is 0.493 e. The van der Waals surface area contributed by atoms with E-state index in [1.54, 1.807) is 32.4 Å². The highest BCUT2D eigenvalue weighted by molar-refractivity contribution is 7.16. The molecule has 3 rings (SSSR count). The summed E-state index contributed by atoms with van der Waals surface area (Å²) in [6.45, 7) is 4.45. The number of terminal acetylenes is 1. The molecule has 3 aromatic rings. The molecule has 0 aliphatic carbocycles. The normalized spacial score (nSPS) is 11.7. The molecule has 1 amide bonds. The van der Waals surface area contributed by atoms with Gasteiger partial charge in [-0.25, -0.2) is 0 Å². The number of aryl methyl sites for hydroxylation is 2. The van der Waals surface area contributed by atoms with Gasteiger partial charge in [0.05, 0.1) is 38.1 Å². The minimum atomic E-state index is -0.389. The van der Waals surface area contributed by atoms with Crippen molar-refractivity contribution in [2.75, 3.05) is 21.3 Å². The molecule has 0 bridgehead atoms. The number of carbonyl (C=O) groups is 1. The molecule has 0 aliphatic rings. The Bertz CT molecular complexity index is 1250. The van der Waals surface area contributed by atoms with Gasteiger partial charge in [0, 0.05) is 6.08 Å². The summed E-state index contributed by atoms with van der Waals surface area (Å²) in [6, 6.07) is 7.69. The molecule has 0 saturated carbocycles. The predicted molar refractivity (Wildman–Crippen MR) is 124 cm³/mol. The van der Waals surface area contributed by atoms with E-state index >= 15 is 0 Å². The number of carbonyl (C=O) groups excluding carboxylic acids is 1. The summed E-state index contributed by atoms with van der Waals surface area (Å²) in [4.78, 5) is 17.4. The first-order valence-corrected chi connectivity index (χ1v) is 10.3. The number of hydrogen-bond acceptors (Lipinski definition) is 5. The summed E-state index contributed by atoms with van der Waals surface area (Å²) in [7, 11) is 4.62. The van der Waals surface area contributed by atoms with Crippen LogP contribution in [0.5, 0.6) is 17.2 Å². The van der Waals surface area contributed by atoms with Gasteiger partial charge in [-0.2, -0.15) is 4.99 Å². The first-order chi connectivity index (χ1) is 14.9. The number of hydrogen-bond donors (Lipinski definition) is 0. The maximum atomic E-state index is 12.6. The van der Waals surface area contributed by atoms with Gasteiger partial charge in [-0.3, -0.25) is 4.79 Å². The van der Waals surface area contributed by atoms with Crippen molar-refractivity contribution in [3.8, 4) is 29.6 Å². The van der Waals surface area contributed by atoms with E-state index in [1.165, 1.54) is 30.1 Å². The third kappa shape index (κ3) is 4.65. The Balaban J connectivity index is 2.00. The lowest BCUT2D eigenvalue weighted by molar-refractivity contribution is -0.113. The van der Waals surface area contributed by atoms with Crippen molar-refractivity contribution < 1.29 is 19.0 Å². The lowest BCUT2D eigenvalue weighted by atomic mass is 10.1. The second-order valence-corrected chi connectivity index (χ2v) is 7.83. The molecule has 160 valence electrons. The first kappa shape index (κ1) is 22.2. The van der Waals surface area contributed by atoms with Gasteiger partial charge in [0.25, 0.3) is 5.91 Å². The summed E-state index contributed by atoms with van der Waals surface area (Å²) >= 11 is 1.44. The molecule has 6 nitrogen and oxygen atoms in total. The van der Waals surface area contributed by atoms with Gasteiger partial charge in [0.1, 0.15) is 0 Å². The number of benzene rings is 2. The maximum Gasteiger partial charge on any atom is 0.272 e. The van der Waals surface area contributed by atoms with Gasteiger partial charge in [0.15, 0.2) is 16.3 Å². The number of nitrogens with zero attached hydrogens (tertiary/aromatic N) is 2. The molecular formula is C24H24N2O4S. The summed E-state index contributed by atoms with van der Waals surface area (Å²) in [5.74, 6) is 3.76. The predicted octanol–water partition coefficient (Wildman–Crippen LogP) is 4.12. The Hall–Kier alpha value is -3.50. The molecule has 0 unspecified atom stereocenters. The minimum Gasteiger partial charge on any atom is -0.493 e. The summed E-state index contributed by atoms with van der Waals surface area (Å²) in [5.41, 5.74) is 4.04. The zero-order chi connectivity index (χ0) is 22.5. The Kier molecular flexibility index (Phi) is 6.83. The van der Waals surface area contributed by atoms with E-state index < -0.39 is 0 Å². The van der Waals surface area contributed by atoms with Crippen molar-refractivity contribution in [2.45, 2.75) is 20.4 Å². The van der Waals surface area contributed by atoms with Crippen molar-refractivity contribution in [2.24, 2.45) is 4.99 Å². The van der Waals surface area contributed by atoms with Crippen molar-refractivity contribution >= 4 is 33.5 Å². The van der Waals surface area contributed by atoms with Crippen molar-refractivity contribution in [3.05, 3.63) is 51.8 Å². The van der Waals surface area contributed by atoms with E-state index in [1.807, 2.05) is 4.57 Å². The highest BCUT2D eigenvalue weighted by Gasteiger charge is 2.12. The molecular weight excluding hydrogens is 412 g/mol. The lowest BCUT2D eigenvalue weighted by Gasteiger charge is -2.12. The number of amides is 1. The van der Waals surface area contributed by atoms with Crippen molar-refractivity contribution in [1.82, 2.24) is 4.57 Å². The molecule has 0 aliphatic heterocycles. The zero-order valence-corrected chi connectivity index (χ0v) is 19.0. The van der Waals surface area contributed by atoms with Gasteiger partial charge in [0.2, 0.25) is 5.75 Å². The molecule has 1 heterocycles. The Morgan fingerprint density at radius 3 is 2.32 bits per heavy atom. The van der Waals surface area contributed by atoms with Crippen LogP contribution >= 0.6 is 11.3 Å². The van der Waals surface area contributed by atoms with E-state index in [0.29, 0.717) is 28.6 Å². The number of ether oxygens (including phenoxy) is 3. The Morgan fingerprint density at radius 1 is 1.10 bits per heavy atom. The lowest BCUT2D eigenvalue weighted by Crippen LogP contribution is -2.15. The highest BCUT2D eigenvalue weighted by atomic mass is 32.1. The van der Waals surface area contributed by atoms with Crippen LogP contribution in [-0.2, 0) is 11.3 Å². The number of fused-ring (bicyclic) bond motifs is 1. The van der Waals surface area contributed by atoms with Gasteiger partial charge in [-0.05, 0) is 60.9 Å². The van der Waals surface area contributed by atoms with Crippen LogP contribution in [0, 0.1) is 26.2 Å². The Labute approximate surface area is 185 Å². The molecule has 0 spiro atoms. The smallest absolute Gasteiger partial charge is 0.272 e. The fraction of sp³-hybridized carbons (Fsp3) is 0.250. The van der Waals surface area contributed by atoms with Crippen LogP contribution in [0.2, 0.25) is 0 Å². The van der Waals surface area contributed by atoms with E-state index in [2.05, 4.69) is 36.9 Å². The number of rotatable bonds is 6. The third-order valence-electron chi connectivity index (χ3n) is 4.86. The summed E-state index contributed by atoms with van der Waals surface area (Å²) in [6.07, 6.45) is 8.61. The fourth-order valence-corrected chi connectivity index (χ4v) is 4.26. The molecule has 1 aromatic heterocycles. The van der Waals surface area contributed by atoms with Crippen molar-refractivity contribution in [3.63, 3.8) is 0 Å². The van der Waals surface area contributed by atoms with Gasteiger partial charge < -0.3 is 18.8 Å². The SMILES string of the molecule is C#CCn1c(=NC(=O)/C=C\c2cc(OC)c(OC)c(OC)c2)sc2cc(C)c(C)cc21. The maximum absolute atomic E-state index is 12.6. The van der Waals surface area contributed by atoms with Crippen LogP contribution in [0.15, 0.2) is 35.3 Å². The second-order valence-electron chi connectivity index (χ2n) is 6.82. The first-order valence-electron chi connectivity index (χ1n) is 9.52. The van der Waals surface area contributed by atoms with Crippen LogP contribution in [-0.4, -0.2) is 31.8 Å². The number of aromatic nitrogens is 1. The van der Waals surface area contributed by atoms with E-state index in [0.717, 1.165) is 21.3 Å². The van der Waals surface area contributed by atoms with Gasteiger partial charge >= 0.3 is 0 Å². The quantitative estimate of drug-likeness (QED) is 0.431. The summed E-state index contributed by atoms with van der Waals surface area (Å²) < 4.78 is 18.9. The van der Waals surface area contributed by atoms with Crippen molar-refractivity contribution in [1.29, 1.82) is 0 Å². The van der Waals surface area contributed by atoms with Gasteiger partial charge in [-0.1, -0.05) is 17.3 Å². The second kappa shape index (κ2) is 9.54. The molecule has 31 heavy (non-hydrogen) atoms. The number of methoxy groups -OCH3 is 3. The average Bonchev–Trinajstić information content (AvgIpc) is 3.07. The van der Waals surface area contributed by atoms with E-state index in [9.17, 15) is 4.79 Å². The topological polar surface area (TPSA) is 62.1 Å². The van der Waals surface area contributed by atoms with Gasteiger partial charge in [-0.15, -0.1) is 6.42 Å². The molecule has 0 saturated heterocycles.